The molecule has 1 saturated carbocycles. The number of amides is 3. The predicted octanol–water partition coefficient (Wildman–Crippen LogP) is 5.91. The Morgan fingerprint density at radius 3 is 2.30 bits per heavy atom. The minimum absolute atomic E-state index is 0.0501. The molecule has 0 spiro atoms. The molecule has 1 N–H and O–H groups in total. The first-order chi connectivity index (χ1) is 20.4. The highest BCUT2D eigenvalue weighted by atomic mass is 19.1. The van der Waals surface area contributed by atoms with E-state index < -0.39 is 23.8 Å². The molecular weight excluding hydrogens is 557 g/mol. The number of benzene rings is 1. The van der Waals surface area contributed by atoms with E-state index in [1.54, 1.807) is 15.9 Å². The van der Waals surface area contributed by atoms with Crippen LogP contribution in [0.3, 0.4) is 0 Å². The van der Waals surface area contributed by atoms with Crippen molar-refractivity contribution in [3.63, 3.8) is 0 Å². The van der Waals surface area contributed by atoms with Gasteiger partial charge in [-0.05, 0) is 109 Å². The summed E-state index contributed by atoms with van der Waals surface area (Å²) in [5, 5.41) is 2.93. The van der Waals surface area contributed by atoms with Crippen LogP contribution in [0.25, 0.3) is 0 Å². The van der Waals surface area contributed by atoms with E-state index in [1.165, 1.54) is 13.2 Å². The Labute approximate surface area is 255 Å². The standard InChI is InChI=1S/C32H50FN3O7/c1-7-41-29(42-8-2)21-36(25-12-9-22(10-13-25)11-14-28(37)40-6)30(38)34-24-19-23-15-17-35(31(39)43-32(3,4)5)18-16-26(23)27(33)20-24/h19-20,22,25,29H,7-18,21H2,1-6H3,(H,34,38). The van der Waals surface area contributed by atoms with E-state index in [2.05, 4.69) is 5.32 Å². The number of methoxy groups -OCH3 is 1. The number of carbonyl (C=O) groups excluding carboxylic acids is 3. The third-order valence-corrected chi connectivity index (χ3v) is 8.03. The lowest BCUT2D eigenvalue weighted by molar-refractivity contribution is -0.146. The van der Waals surface area contributed by atoms with Crippen LogP contribution >= 0.6 is 0 Å². The number of ether oxygens (including phenoxy) is 4. The van der Waals surface area contributed by atoms with Gasteiger partial charge in [0.2, 0.25) is 0 Å². The minimum atomic E-state index is -0.615. The van der Waals surface area contributed by atoms with Gasteiger partial charge in [-0.2, -0.15) is 0 Å². The molecule has 1 fully saturated rings. The average molecular weight is 608 g/mol. The Morgan fingerprint density at radius 2 is 1.70 bits per heavy atom. The molecule has 0 atom stereocenters. The van der Waals surface area contributed by atoms with Crippen LogP contribution in [-0.4, -0.2) is 85.8 Å². The second kappa shape index (κ2) is 16.2. The molecule has 1 aliphatic carbocycles. The van der Waals surface area contributed by atoms with Gasteiger partial charge in [0.15, 0.2) is 6.29 Å². The molecule has 3 rings (SSSR count). The molecule has 0 bridgehead atoms. The van der Waals surface area contributed by atoms with Crippen LogP contribution in [0.5, 0.6) is 0 Å². The maximum Gasteiger partial charge on any atom is 0.410 e. The number of urea groups is 1. The number of hydrogen-bond acceptors (Lipinski definition) is 7. The number of halogens is 1. The number of nitrogens with zero attached hydrogens (tertiary/aromatic N) is 2. The first kappa shape index (κ1) is 34.6. The number of rotatable bonds is 11. The fourth-order valence-electron chi connectivity index (χ4n) is 5.84. The number of hydrogen-bond donors (Lipinski definition) is 1. The molecule has 1 aromatic carbocycles. The number of fused-ring (bicyclic) bond motifs is 1. The van der Waals surface area contributed by atoms with Crippen LogP contribution in [0.2, 0.25) is 0 Å². The summed E-state index contributed by atoms with van der Waals surface area (Å²) >= 11 is 0. The molecule has 1 heterocycles. The SMILES string of the molecule is CCOC(CN(C(=O)Nc1cc(F)c2c(c1)CCN(C(=O)OC(C)(C)C)CC2)C1CCC(CCC(=O)OC)CC1)OCC. The van der Waals surface area contributed by atoms with Crippen molar-refractivity contribution in [2.24, 2.45) is 5.92 Å². The lowest BCUT2D eigenvalue weighted by atomic mass is 9.83. The highest BCUT2D eigenvalue weighted by Crippen LogP contribution is 2.32. The summed E-state index contributed by atoms with van der Waals surface area (Å²) in [5.74, 6) is -0.211. The first-order valence-electron chi connectivity index (χ1n) is 15.6. The molecule has 2 aliphatic rings. The molecule has 43 heavy (non-hydrogen) atoms. The molecule has 1 aliphatic heterocycles. The molecule has 0 unspecified atom stereocenters. The third-order valence-electron chi connectivity index (χ3n) is 8.03. The van der Waals surface area contributed by atoms with Crippen LogP contribution in [0, 0.1) is 11.7 Å². The van der Waals surface area contributed by atoms with Gasteiger partial charge in [-0.3, -0.25) is 4.79 Å². The van der Waals surface area contributed by atoms with Gasteiger partial charge in [0.05, 0.1) is 13.7 Å². The van der Waals surface area contributed by atoms with Gasteiger partial charge in [0.25, 0.3) is 0 Å². The fourth-order valence-corrected chi connectivity index (χ4v) is 5.84. The van der Waals surface area contributed by atoms with Crippen molar-refractivity contribution in [1.82, 2.24) is 9.80 Å². The van der Waals surface area contributed by atoms with Crippen LogP contribution in [0.15, 0.2) is 12.1 Å². The molecular formula is C32H50FN3O7. The Morgan fingerprint density at radius 1 is 1.05 bits per heavy atom. The van der Waals surface area contributed by atoms with Crippen molar-refractivity contribution in [3.8, 4) is 0 Å². The van der Waals surface area contributed by atoms with E-state index in [4.69, 9.17) is 18.9 Å². The lowest BCUT2D eigenvalue weighted by Crippen LogP contribution is -2.49. The van der Waals surface area contributed by atoms with Crippen LogP contribution in [-0.2, 0) is 36.6 Å². The smallest absolute Gasteiger partial charge is 0.410 e. The zero-order valence-electron chi connectivity index (χ0n) is 26.7. The molecule has 0 aromatic heterocycles. The summed E-state index contributed by atoms with van der Waals surface area (Å²) in [4.78, 5) is 41.3. The number of esters is 1. The molecule has 3 amide bonds. The highest BCUT2D eigenvalue weighted by molar-refractivity contribution is 5.89. The Bertz CT molecular complexity index is 1080. The van der Waals surface area contributed by atoms with E-state index in [1.807, 2.05) is 34.6 Å². The summed E-state index contributed by atoms with van der Waals surface area (Å²) in [5.41, 5.74) is 1.07. The average Bonchev–Trinajstić information content (AvgIpc) is 3.17. The molecule has 1 aromatic rings. The van der Waals surface area contributed by atoms with Gasteiger partial charge in [-0.25, -0.2) is 14.0 Å². The van der Waals surface area contributed by atoms with E-state index >= 15 is 4.39 Å². The van der Waals surface area contributed by atoms with E-state index in [0.717, 1.165) is 37.7 Å². The molecule has 0 saturated heterocycles. The van der Waals surface area contributed by atoms with Crippen molar-refractivity contribution in [1.29, 1.82) is 0 Å². The molecule has 0 radical (unpaired) electrons. The molecule has 242 valence electrons. The second-order valence-corrected chi connectivity index (χ2v) is 12.3. The predicted molar refractivity (Wildman–Crippen MR) is 161 cm³/mol. The zero-order chi connectivity index (χ0) is 31.6. The van der Waals surface area contributed by atoms with Gasteiger partial charge in [0, 0.05) is 44.5 Å². The number of carbonyl (C=O) groups is 3. The topological polar surface area (TPSA) is 107 Å². The maximum atomic E-state index is 15.4. The fraction of sp³-hybridized carbons (Fsp3) is 0.719. The highest BCUT2D eigenvalue weighted by Gasteiger charge is 2.32. The van der Waals surface area contributed by atoms with E-state index in [0.29, 0.717) is 62.7 Å². The Balaban J connectivity index is 1.72. The Hall–Kier alpha value is -2.92. The summed E-state index contributed by atoms with van der Waals surface area (Å²) < 4.78 is 37.2. The van der Waals surface area contributed by atoms with Crippen LogP contribution < -0.4 is 5.32 Å². The molecule has 10 nitrogen and oxygen atoms in total. The zero-order valence-corrected chi connectivity index (χ0v) is 26.7. The summed E-state index contributed by atoms with van der Waals surface area (Å²) in [6, 6.07) is 2.76. The van der Waals surface area contributed by atoms with Crippen molar-refractivity contribution >= 4 is 23.8 Å². The van der Waals surface area contributed by atoms with Crippen molar-refractivity contribution in [2.45, 2.75) is 104 Å². The lowest BCUT2D eigenvalue weighted by Gasteiger charge is -2.38. The van der Waals surface area contributed by atoms with E-state index in [9.17, 15) is 14.4 Å². The second-order valence-electron chi connectivity index (χ2n) is 12.3. The van der Waals surface area contributed by atoms with Gasteiger partial charge in [-0.15, -0.1) is 0 Å². The normalized spacial score (nSPS) is 18.9. The summed E-state index contributed by atoms with van der Waals surface area (Å²) in [6.07, 6.45) is 4.32. The minimum Gasteiger partial charge on any atom is -0.469 e. The van der Waals surface area contributed by atoms with Crippen molar-refractivity contribution in [2.75, 3.05) is 45.3 Å². The van der Waals surface area contributed by atoms with Crippen LogP contribution in [0.1, 0.15) is 84.3 Å². The van der Waals surface area contributed by atoms with Gasteiger partial charge in [0.1, 0.15) is 11.4 Å². The Kier molecular flexibility index (Phi) is 13.1. The first-order valence-corrected chi connectivity index (χ1v) is 15.6. The van der Waals surface area contributed by atoms with Gasteiger partial charge < -0.3 is 34.1 Å². The summed E-state index contributed by atoms with van der Waals surface area (Å²) in [6.45, 7) is 11.1. The van der Waals surface area contributed by atoms with Crippen LogP contribution in [0.4, 0.5) is 19.7 Å². The molecule has 11 heteroatoms. The largest absolute Gasteiger partial charge is 0.469 e. The number of nitrogens with one attached hydrogen (secondary N) is 1. The quantitative estimate of drug-likeness (QED) is 0.246. The van der Waals surface area contributed by atoms with Gasteiger partial charge in [-0.1, -0.05) is 0 Å². The van der Waals surface area contributed by atoms with E-state index in [-0.39, 0.29) is 24.6 Å². The third kappa shape index (κ3) is 10.6. The van der Waals surface area contributed by atoms with Crippen molar-refractivity contribution in [3.05, 3.63) is 29.1 Å². The monoisotopic (exact) mass is 607 g/mol. The number of anilines is 1. The maximum absolute atomic E-state index is 15.4. The van der Waals surface area contributed by atoms with Gasteiger partial charge >= 0.3 is 18.1 Å². The van der Waals surface area contributed by atoms with Crippen molar-refractivity contribution < 1.29 is 37.7 Å². The summed E-state index contributed by atoms with van der Waals surface area (Å²) in [7, 11) is 1.40.